The third kappa shape index (κ3) is 4.08. The summed E-state index contributed by atoms with van der Waals surface area (Å²) in [6, 6.07) is 5.97. The zero-order chi connectivity index (χ0) is 12.8. The molecule has 96 valence electrons. The highest BCUT2D eigenvalue weighted by atomic mass is 35.5. The minimum Gasteiger partial charge on any atom is -0.371 e. The molecule has 0 amide bonds. The zero-order valence-electron chi connectivity index (χ0n) is 10.8. The van der Waals surface area contributed by atoms with Crippen molar-refractivity contribution in [2.24, 2.45) is 5.92 Å². The quantitative estimate of drug-likeness (QED) is 0.663. The molecular formula is C14H21Cl2N. The molecule has 3 heteroatoms. The predicted molar refractivity (Wildman–Crippen MR) is 78.4 cm³/mol. The molecule has 1 aromatic rings. The van der Waals surface area contributed by atoms with Gasteiger partial charge in [0, 0.05) is 29.7 Å². The first-order valence-electron chi connectivity index (χ1n) is 6.21. The maximum atomic E-state index is 6.00. The highest BCUT2D eigenvalue weighted by Crippen LogP contribution is 2.26. The molecular weight excluding hydrogens is 253 g/mol. The third-order valence-corrected chi connectivity index (χ3v) is 3.66. The molecule has 0 aliphatic carbocycles. The van der Waals surface area contributed by atoms with E-state index in [2.05, 4.69) is 31.7 Å². The van der Waals surface area contributed by atoms with Gasteiger partial charge in [0.2, 0.25) is 0 Å². The summed E-state index contributed by atoms with van der Waals surface area (Å²) in [5.41, 5.74) is 2.33. The second-order valence-corrected chi connectivity index (χ2v) is 5.16. The summed E-state index contributed by atoms with van der Waals surface area (Å²) in [5, 5.41) is 0.754. The lowest BCUT2D eigenvalue weighted by Crippen LogP contribution is -2.28. The van der Waals surface area contributed by atoms with Crippen molar-refractivity contribution in [1.29, 1.82) is 0 Å². The fourth-order valence-corrected chi connectivity index (χ4v) is 2.28. The maximum Gasteiger partial charge on any atom is 0.0495 e. The molecule has 1 aromatic carbocycles. The fourth-order valence-electron chi connectivity index (χ4n) is 1.87. The summed E-state index contributed by atoms with van der Waals surface area (Å²) in [5.74, 6) is 1.20. The average Bonchev–Trinajstić information content (AvgIpc) is 2.35. The van der Waals surface area contributed by atoms with E-state index < -0.39 is 0 Å². The largest absolute Gasteiger partial charge is 0.371 e. The summed E-state index contributed by atoms with van der Waals surface area (Å²) < 4.78 is 0. The molecule has 0 saturated carbocycles. The number of benzene rings is 1. The highest BCUT2D eigenvalue weighted by molar-refractivity contribution is 6.30. The SMILES string of the molecule is CCC(C)CN(CC)c1ccc(Cl)cc1CCl. The van der Waals surface area contributed by atoms with Crippen molar-refractivity contribution >= 4 is 28.9 Å². The van der Waals surface area contributed by atoms with E-state index in [4.69, 9.17) is 23.2 Å². The van der Waals surface area contributed by atoms with Gasteiger partial charge in [-0.2, -0.15) is 0 Å². The molecule has 0 bridgehead atoms. The number of nitrogens with zero attached hydrogens (tertiary/aromatic N) is 1. The molecule has 17 heavy (non-hydrogen) atoms. The van der Waals surface area contributed by atoms with Crippen molar-refractivity contribution in [2.45, 2.75) is 33.1 Å². The molecule has 1 atom stereocenters. The Morgan fingerprint density at radius 2 is 2.00 bits per heavy atom. The van der Waals surface area contributed by atoms with Crippen molar-refractivity contribution in [3.63, 3.8) is 0 Å². The van der Waals surface area contributed by atoms with Gasteiger partial charge >= 0.3 is 0 Å². The van der Waals surface area contributed by atoms with E-state index >= 15 is 0 Å². The summed E-state index contributed by atoms with van der Waals surface area (Å²) in [6.07, 6.45) is 1.19. The van der Waals surface area contributed by atoms with Crippen LogP contribution in [0.2, 0.25) is 5.02 Å². The Balaban J connectivity index is 2.94. The topological polar surface area (TPSA) is 3.24 Å². The van der Waals surface area contributed by atoms with Gasteiger partial charge in [-0.15, -0.1) is 11.6 Å². The minimum absolute atomic E-state index is 0.507. The first-order chi connectivity index (χ1) is 8.12. The molecule has 0 spiro atoms. The fraction of sp³-hybridized carbons (Fsp3) is 0.571. The van der Waals surface area contributed by atoms with Crippen LogP contribution in [0, 0.1) is 5.92 Å². The van der Waals surface area contributed by atoms with Crippen LogP contribution in [0.5, 0.6) is 0 Å². The Morgan fingerprint density at radius 3 is 2.53 bits per heavy atom. The first-order valence-corrected chi connectivity index (χ1v) is 7.12. The zero-order valence-corrected chi connectivity index (χ0v) is 12.4. The lowest BCUT2D eigenvalue weighted by Gasteiger charge is -2.28. The highest BCUT2D eigenvalue weighted by Gasteiger charge is 2.12. The Kier molecular flexibility index (Phi) is 6.15. The van der Waals surface area contributed by atoms with E-state index in [0.717, 1.165) is 23.7 Å². The Morgan fingerprint density at radius 1 is 1.29 bits per heavy atom. The van der Waals surface area contributed by atoms with Gasteiger partial charge in [0.25, 0.3) is 0 Å². The molecule has 0 aliphatic heterocycles. The van der Waals surface area contributed by atoms with Crippen LogP contribution in [0.3, 0.4) is 0 Å². The average molecular weight is 274 g/mol. The number of alkyl halides is 1. The van der Waals surface area contributed by atoms with Crippen LogP contribution in [0.4, 0.5) is 5.69 Å². The van der Waals surface area contributed by atoms with Crippen molar-refractivity contribution in [3.8, 4) is 0 Å². The van der Waals surface area contributed by atoms with Crippen LogP contribution < -0.4 is 4.90 Å². The summed E-state index contributed by atoms with van der Waals surface area (Å²) in [4.78, 5) is 2.38. The van der Waals surface area contributed by atoms with Crippen LogP contribution in [-0.4, -0.2) is 13.1 Å². The Bertz CT molecular complexity index is 352. The number of hydrogen-bond acceptors (Lipinski definition) is 1. The Hall–Kier alpha value is -0.400. The molecule has 0 radical (unpaired) electrons. The van der Waals surface area contributed by atoms with Crippen molar-refractivity contribution < 1.29 is 0 Å². The van der Waals surface area contributed by atoms with E-state index in [9.17, 15) is 0 Å². The van der Waals surface area contributed by atoms with E-state index in [1.165, 1.54) is 12.1 Å². The first kappa shape index (κ1) is 14.7. The predicted octanol–water partition coefficient (Wildman–Crippen LogP) is 4.95. The number of rotatable bonds is 6. The number of anilines is 1. The monoisotopic (exact) mass is 273 g/mol. The Labute approximate surface area is 115 Å². The molecule has 0 aliphatic rings. The third-order valence-electron chi connectivity index (χ3n) is 3.14. The lowest BCUT2D eigenvalue weighted by molar-refractivity contribution is 0.547. The maximum absolute atomic E-state index is 6.00. The van der Waals surface area contributed by atoms with Crippen LogP contribution >= 0.6 is 23.2 Å². The second-order valence-electron chi connectivity index (χ2n) is 4.46. The van der Waals surface area contributed by atoms with Gasteiger partial charge in [-0.25, -0.2) is 0 Å². The van der Waals surface area contributed by atoms with Gasteiger partial charge in [0.05, 0.1) is 0 Å². The van der Waals surface area contributed by atoms with Crippen LogP contribution in [-0.2, 0) is 5.88 Å². The van der Waals surface area contributed by atoms with Crippen LogP contribution in [0.25, 0.3) is 0 Å². The van der Waals surface area contributed by atoms with E-state index in [1.807, 2.05) is 12.1 Å². The van der Waals surface area contributed by atoms with Gasteiger partial charge in [0.15, 0.2) is 0 Å². The molecule has 0 saturated heterocycles. The van der Waals surface area contributed by atoms with Crippen molar-refractivity contribution in [2.75, 3.05) is 18.0 Å². The molecule has 1 nitrogen and oxygen atoms in total. The number of hydrogen-bond donors (Lipinski definition) is 0. The second kappa shape index (κ2) is 7.13. The molecule has 0 fully saturated rings. The van der Waals surface area contributed by atoms with E-state index in [0.29, 0.717) is 11.8 Å². The van der Waals surface area contributed by atoms with Gasteiger partial charge in [0.1, 0.15) is 0 Å². The molecule has 1 unspecified atom stereocenters. The smallest absolute Gasteiger partial charge is 0.0495 e. The molecule has 0 aromatic heterocycles. The van der Waals surface area contributed by atoms with Crippen molar-refractivity contribution in [3.05, 3.63) is 28.8 Å². The normalized spacial score (nSPS) is 12.5. The summed E-state index contributed by atoms with van der Waals surface area (Å²) >= 11 is 12.0. The van der Waals surface area contributed by atoms with Crippen LogP contribution in [0.1, 0.15) is 32.8 Å². The molecule has 0 N–H and O–H groups in total. The van der Waals surface area contributed by atoms with Gasteiger partial charge in [-0.1, -0.05) is 31.9 Å². The van der Waals surface area contributed by atoms with E-state index in [1.54, 1.807) is 0 Å². The standard InChI is InChI=1S/C14H21Cl2N/c1-4-11(3)10-17(5-2)14-7-6-13(16)8-12(14)9-15/h6-8,11H,4-5,9-10H2,1-3H3. The molecule has 0 heterocycles. The van der Waals surface area contributed by atoms with Gasteiger partial charge in [-0.05, 0) is 36.6 Å². The summed E-state index contributed by atoms with van der Waals surface area (Å²) in [6.45, 7) is 8.74. The summed E-state index contributed by atoms with van der Waals surface area (Å²) in [7, 11) is 0. The van der Waals surface area contributed by atoms with Gasteiger partial charge < -0.3 is 4.90 Å². The van der Waals surface area contributed by atoms with Crippen LogP contribution in [0.15, 0.2) is 18.2 Å². The van der Waals surface area contributed by atoms with Gasteiger partial charge in [-0.3, -0.25) is 0 Å². The van der Waals surface area contributed by atoms with Crippen molar-refractivity contribution in [1.82, 2.24) is 0 Å². The lowest BCUT2D eigenvalue weighted by atomic mass is 10.1. The molecule has 1 rings (SSSR count). The minimum atomic E-state index is 0.507. The number of halogens is 2. The van der Waals surface area contributed by atoms with E-state index in [-0.39, 0.29) is 0 Å².